The molecule has 188 valence electrons. The highest BCUT2D eigenvalue weighted by molar-refractivity contribution is 8.15. The van der Waals surface area contributed by atoms with Crippen LogP contribution < -0.4 is 11.1 Å². The number of halogens is 1. The fraction of sp³-hybridized carbons (Fsp3) is 0.269. The molecule has 0 saturated carbocycles. The highest BCUT2D eigenvalue weighted by Gasteiger charge is 2.18. The Morgan fingerprint density at radius 2 is 1.86 bits per heavy atom. The number of aromatic nitrogens is 4. The van der Waals surface area contributed by atoms with Crippen LogP contribution in [0.4, 0.5) is 10.2 Å². The number of benzene rings is 2. The molecule has 0 aliphatic heterocycles. The lowest BCUT2D eigenvalue weighted by atomic mass is 10.1. The van der Waals surface area contributed by atoms with E-state index in [4.69, 9.17) is 10.2 Å². The first-order chi connectivity index (χ1) is 17.4. The second kappa shape index (κ2) is 11.5. The fourth-order valence-electron chi connectivity index (χ4n) is 3.84. The zero-order valence-electron chi connectivity index (χ0n) is 20.4. The van der Waals surface area contributed by atoms with Crippen LogP contribution in [0.15, 0.2) is 58.0 Å². The summed E-state index contributed by atoms with van der Waals surface area (Å²) < 4.78 is 21.0. The molecular formula is C26H29FN6O2S. The number of nitrogens with zero attached hydrogens (tertiary/aromatic N) is 4. The Hall–Kier alpha value is -3.47. The van der Waals surface area contributed by atoms with E-state index in [2.05, 4.69) is 25.5 Å². The predicted molar refractivity (Wildman–Crippen MR) is 142 cm³/mol. The number of anilines is 1. The number of aliphatic hydroxyl groups is 1. The number of rotatable bonds is 9. The Balaban J connectivity index is 1.63. The maximum absolute atomic E-state index is 15.2. The Kier molecular flexibility index (Phi) is 8.19. The molecule has 2 atom stereocenters. The summed E-state index contributed by atoms with van der Waals surface area (Å²) in [6.45, 7) is 4.76. The molecule has 0 bridgehead atoms. The zero-order valence-corrected chi connectivity index (χ0v) is 21.2. The molecule has 0 aliphatic rings. The highest BCUT2D eigenvalue weighted by Crippen LogP contribution is 2.36. The largest absolute Gasteiger partial charge is 0.414 e. The van der Waals surface area contributed by atoms with Crippen LogP contribution in [-0.4, -0.2) is 49.5 Å². The summed E-state index contributed by atoms with van der Waals surface area (Å²) in [7, 11) is 1.47. The average Bonchev–Trinajstić information content (AvgIpc) is 3.37. The molecule has 4 aromatic rings. The highest BCUT2D eigenvalue weighted by atomic mass is 32.2. The summed E-state index contributed by atoms with van der Waals surface area (Å²) in [6, 6.07) is 12.8. The van der Waals surface area contributed by atoms with Gasteiger partial charge in [0.05, 0.1) is 11.9 Å². The SMILES string of the molecule is C/C=S(\c1ccc(-c2cnc(N)c(-c3nnc(-c4ccc(CNC)cc4)o3)n2)cc1F)C(C)CCO. The van der Waals surface area contributed by atoms with Crippen molar-refractivity contribution >= 4 is 21.7 Å². The van der Waals surface area contributed by atoms with Gasteiger partial charge in [-0.3, -0.25) is 0 Å². The summed E-state index contributed by atoms with van der Waals surface area (Å²) in [4.78, 5) is 9.39. The van der Waals surface area contributed by atoms with Gasteiger partial charge in [-0.05, 0) is 50.2 Å². The Morgan fingerprint density at radius 3 is 2.53 bits per heavy atom. The van der Waals surface area contributed by atoms with Crippen molar-refractivity contribution in [1.82, 2.24) is 25.5 Å². The number of hydrogen-bond donors (Lipinski definition) is 3. The molecular weight excluding hydrogens is 479 g/mol. The first kappa shape index (κ1) is 25.6. The summed E-state index contributed by atoms with van der Waals surface area (Å²) in [5.74, 6) is 0.270. The van der Waals surface area contributed by atoms with Gasteiger partial charge in [0.25, 0.3) is 5.89 Å². The monoisotopic (exact) mass is 508 g/mol. The molecule has 2 aromatic carbocycles. The van der Waals surface area contributed by atoms with E-state index >= 15 is 4.39 Å². The normalized spacial score (nSPS) is 13.1. The van der Waals surface area contributed by atoms with Gasteiger partial charge in [-0.1, -0.05) is 30.5 Å². The predicted octanol–water partition coefficient (Wildman–Crippen LogP) is 4.52. The summed E-state index contributed by atoms with van der Waals surface area (Å²) in [5.41, 5.74) is 9.20. The Labute approximate surface area is 211 Å². The molecule has 4 rings (SSSR count). The van der Waals surface area contributed by atoms with E-state index in [9.17, 15) is 5.11 Å². The van der Waals surface area contributed by atoms with Crippen molar-refractivity contribution in [2.45, 2.75) is 37.0 Å². The van der Waals surface area contributed by atoms with Crippen LogP contribution in [0, 0.1) is 5.82 Å². The number of hydrogen-bond acceptors (Lipinski definition) is 8. The van der Waals surface area contributed by atoms with Gasteiger partial charge < -0.3 is 20.6 Å². The molecule has 0 aliphatic carbocycles. The molecule has 0 radical (unpaired) electrons. The lowest BCUT2D eigenvalue weighted by Gasteiger charge is -2.18. The molecule has 0 fully saturated rings. The van der Waals surface area contributed by atoms with E-state index in [1.165, 1.54) is 12.3 Å². The van der Waals surface area contributed by atoms with Crippen LogP contribution in [0.2, 0.25) is 0 Å². The molecule has 2 heterocycles. The van der Waals surface area contributed by atoms with Crippen molar-refractivity contribution in [1.29, 1.82) is 0 Å². The summed E-state index contributed by atoms with van der Waals surface area (Å²) in [6.07, 6.45) is 2.10. The number of nitrogen functional groups attached to an aromatic ring is 1. The van der Waals surface area contributed by atoms with E-state index in [-0.39, 0.29) is 35.1 Å². The first-order valence-corrected chi connectivity index (χ1v) is 12.9. The number of nitrogens with one attached hydrogen (secondary N) is 1. The molecule has 0 amide bonds. The molecule has 0 spiro atoms. The van der Waals surface area contributed by atoms with Crippen LogP contribution in [0.3, 0.4) is 0 Å². The zero-order chi connectivity index (χ0) is 25.7. The van der Waals surface area contributed by atoms with Crippen LogP contribution in [0.1, 0.15) is 25.8 Å². The first-order valence-electron chi connectivity index (χ1n) is 11.6. The van der Waals surface area contributed by atoms with Gasteiger partial charge in [0.2, 0.25) is 5.89 Å². The van der Waals surface area contributed by atoms with Crippen molar-refractivity contribution in [2.24, 2.45) is 0 Å². The van der Waals surface area contributed by atoms with Gasteiger partial charge in [0.1, 0.15) is 5.82 Å². The van der Waals surface area contributed by atoms with Gasteiger partial charge in [0.15, 0.2) is 11.5 Å². The number of nitrogens with two attached hydrogens (primary N) is 1. The lowest BCUT2D eigenvalue weighted by Crippen LogP contribution is -2.04. The lowest BCUT2D eigenvalue weighted by molar-refractivity contribution is 0.289. The summed E-state index contributed by atoms with van der Waals surface area (Å²) >= 11 is 0. The fourth-order valence-corrected chi connectivity index (χ4v) is 5.86. The van der Waals surface area contributed by atoms with E-state index in [0.717, 1.165) is 17.7 Å². The van der Waals surface area contributed by atoms with E-state index in [1.54, 1.807) is 6.07 Å². The maximum atomic E-state index is 15.2. The van der Waals surface area contributed by atoms with E-state index in [1.807, 2.05) is 56.6 Å². The number of aliphatic hydroxyl groups excluding tert-OH is 1. The van der Waals surface area contributed by atoms with E-state index < -0.39 is 10.5 Å². The topological polar surface area (TPSA) is 123 Å². The maximum Gasteiger partial charge on any atom is 0.270 e. The minimum atomic E-state index is -0.425. The minimum absolute atomic E-state index is 0.0705. The van der Waals surface area contributed by atoms with Crippen molar-refractivity contribution in [3.8, 4) is 34.3 Å². The van der Waals surface area contributed by atoms with Gasteiger partial charge in [-0.15, -0.1) is 10.2 Å². The molecule has 2 aromatic heterocycles. The average molecular weight is 509 g/mol. The Morgan fingerprint density at radius 1 is 1.14 bits per heavy atom. The van der Waals surface area contributed by atoms with Crippen LogP contribution >= 0.6 is 10.5 Å². The van der Waals surface area contributed by atoms with Crippen LogP contribution in [-0.2, 0) is 6.54 Å². The van der Waals surface area contributed by atoms with Gasteiger partial charge in [0, 0.05) is 34.4 Å². The molecule has 2 unspecified atom stereocenters. The molecule has 10 heteroatoms. The molecule has 36 heavy (non-hydrogen) atoms. The van der Waals surface area contributed by atoms with Crippen molar-refractivity contribution in [2.75, 3.05) is 19.4 Å². The molecule has 0 saturated heterocycles. The van der Waals surface area contributed by atoms with Gasteiger partial charge >= 0.3 is 0 Å². The molecule has 4 N–H and O–H groups in total. The second-order valence-electron chi connectivity index (χ2n) is 8.20. The third kappa shape index (κ3) is 5.51. The Bertz CT molecular complexity index is 1370. The third-order valence-corrected chi connectivity index (χ3v) is 8.16. The standard InChI is InChI=1S/C26H29FN6O2S/c1-4-36(16(2)11-12-34)22-10-9-19(13-20(22)27)21-15-30-24(28)23(31-21)26-33-32-25(35-26)18-7-5-17(6-8-18)14-29-3/h4-10,13,15-16,29,34H,11-12,14H2,1-3H3,(H2,28,30). The van der Waals surface area contributed by atoms with Crippen LogP contribution in [0.5, 0.6) is 0 Å². The van der Waals surface area contributed by atoms with E-state index in [0.29, 0.717) is 28.5 Å². The third-order valence-electron chi connectivity index (χ3n) is 5.71. The van der Waals surface area contributed by atoms with Crippen molar-refractivity contribution in [3.63, 3.8) is 0 Å². The molecule has 8 nitrogen and oxygen atoms in total. The smallest absolute Gasteiger partial charge is 0.270 e. The summed E-state index contributed by atoms with van der Waals surface area (Å²) in [5, 5.41) is 22.7. The van der Waals surface area contributed by atoms with Gasteiger partial charge in [-0.25, -0.2) is 14.4 Å². The van der Waals surface area contributed by atoms with Gasteiger partial charge in [-0.2, -0.15) is 10.5 Å². The second-order valence-corrected chi connectivity index (χ2v) is 10.7. The van der Waals surface area contributed by atoms with Crippen molar-refractivity contribution < 1.29 is 13.9 Å². The minimum Gasteiger partial charge on any atom is -0.414 e. The van der Waals surface area contributed by atoms with Crippen LogP contribution in [0.25, 0.3) is 34.3 Å². The van der Waals surface area contributed by atoms with Crippen molar-refractivity contribution in [3.05, 3.63) is 60.0 Å². The quantitative estimate of drug-likeness (QED) is 0.282.